The van der Waals surface area contributed by atoms with E-state index in [-0.39, 0.29) is 23.0 Å². The number of carbonyl (C=O) groups is 1. The number of sulfone groups is 1. The topological polar surface area (TPSA) is 66.5 Å². The van der Waals surface area contributed by atoms with Crippen LogP contribution in [0.3, 0.4) is 0 Å². The monoisotopic (exact) mass is 388 g/mol. The Balaban J connectivity index is 1.65. The minimum Gasteiger partial charge on any atom is -0.356 e. The number of benzene rings is 2. The molecule has 0 aliphatic carbocycles. The lowest BCUT2D eigenvalue weighted by Gasteiger charge is -2.16. The molecule has 6 heteroatoms. The molecule has 2 aromatic carbocycles. The maximum absolute atomic E-state index is 12.3. The SMILES string of the molecule is Cc1ccc(S(=O)(=O)CCC(=O)NCCCN(C)Cc2ccccc2)cc1. The van der Waals surface area contributed by atoms with Crippen molar-refractivity contribution in [2.24, 2.45) is 0 Å². The highest BCUT2D eigenvalue weighted by molar-refractivity contribution is 7.91. The first-order chi connectivity index (χ1) is 12.9. The van der Waals surface area contributed by atoms with E-state index in [0.717, 1.165) is 25.1 Å². The molecule has 0 spiro atoms. The number of nitrogens with one attached hydrogen (secondary N) is 1. The summed E-state index contributed by atoms with van der Waals surface area (Å²) in [5, 5.41) is 2.81. The van der Waals surface area contributed by atoms with Crippen LogP contribution in [0.5, 0.6) is 0 Å². The molecule has 0 radical (unpaired) electrons. The average Bonchev–Trinajstić information content (AvgIpc) is 2.65. The highest BCUT2D eigenvalue weighted by atomic mass is 32.2. The van der Waals surface area contributed by atoms with Crippen LogP contribution in [0.15, 0.2) is 59.5 Å². The summed E-state index contributed by atoms with van der Waals surface area (Å²) in [6, 6.07) is 16.9. The zero-order valence-electron chi connectivity index (χ0n) is 16.0. The summed E-state index contributed by atoms with van der Waals surface area (Å²) < 4.78 is 24.5. The van der Waals surface area contributed by atoms with Gasteiger partial charge in [0.1, 0.15) is 0 Å². The van der Waals surface area contributed by atoms with Gasteiger partial charge in [-0.05, 0) is 44.6 Å². The molecule has 2 aromatic rings. The molecular weight excluding hydrogens is 360 g/mol. The van der Waals surface area contributed by atoms with Crippen LogP contribution in [0.2, 0.25) is 0 Å². The second kappa shape index (κ2) is 10.2. The Hall–Kier alpha value is -2.18. The number of hydrogen-bond acceptors (Lipinski definition) is 4. The fourth-order valence-corrected chi connectivity index (χ4v) is 3.97. The summed E-state index contributed by atoms with van der Waals surface area (Å²) >= 11 is 0. The number of rotatable bonds is 10. The highest BCUT2D eigenvalue weighted by Crippen LogP contribution is 2.13. The van der Waals surface area contributed by atoms with Crippen LogP contribution in [0.4, 0.5) is 0 Å². The van der Waals surface area contributed by atoms with Crippen molar-refractivity contribution in [2.45, 2.75) is 31.2 Å². The minimum atomic E-state index is -3.42. The number of nitrogens with zero attached hydrogens (tertiary/aromatic N) is 1. The summed E-state index contributed by atoms with van der Waals surface area (Å²) in [6.45, 7) is 4.17. The number of amides is 1. The molecule has 0 aliphatic rings. The molecular formula is C21H28N2O3S. The van der Waals surface area contributed by atoms with E-state index in [4.69, 9.17) is 0 Å². The first-order valence-corrected chi connectivity index (χ1v) is 10.8. The predicted octanol–water partition coefficient (Wildman–Crippen LogP) is 2.80. The molecule has 0 aliphatic heterocycles. The first-order valence-electron chi connectivity index (χ1n) is 9.15. The molecule has 27 heavy (non-hydrogen) atoms. The third kappa shape index (κ3) is 7.53. The molecule has 0 saturated heterocycles. The number of aryl methyl sites for hydroxylation is 1. The Bertz CT molecular complexity index is 818. The molecule has 0 bridgehead atoms. The minimum absolute atomic E-state index is 0.0178. The first kappa shape index (κ1) is 21.1. The molecule has 146 valence electrons. The fraction of sp³-hybridized carbons (Fsp3) is 0.381. The molecule has 0 atom stereocenters. The Labute approximate surface area is 162 Å². The van der Waals surface area contributed by atoms with Gasteiger partial charge in [-0.3, -0.25) is 4.79 Å². The van der Waals surface area contributed by atoms with Crippen molar-refractivity contribution in [1.82, 2.24) is 10.2 Å². The Morgan fingerprint density at radius 3 is 2.37 bits per heavy atom. The molecule has 5 nitrogen and oxygen atoms in total. The van der Waals surface area contributed by atoms with Gasteiger partial charge in [0.15, 0.2) is 9.84 Å². The second-order valence-corrected chi connectivity index (χ2v) is 8.92. The van der Waals surface area contributed by atoms with Crippen molar-refractivity contribution >= 4 is 15.7 Å². The van der Waals surface area contributed by atoms with Crippen molar-refractivity contribution in [2.75, 3.05) is 25.9 Å². The number of hydrogen-bond donors (Lipinski definition) is 1. The summed E-state index contributed by atoms with van der Waals surface area (Å²) in [5.41, 5.74) is 2.26. The molecule has 0 saturated carbocycles. The van der Waals surface area contributed by atoms with Crippen LogP contribution in [0.25, 0.3) is 0 Å². The van der Waals surface area contributed by atoms with Crippen molar-refractivity contribution < 1.29 is 13.2 Å². The molecule has 1 N–H and O–H groups in total. The number of carbonyl (C=O) groups excluding carboxylic acids is 1. The maximum Gasteiger partial charge on any atom is 0.221 e. The van der Waals surface area contributed by atoms with E-state index < -0.39 is 9.84 Å². The third-order valence-corrected chi connectivity index (χ3v) is 6.04. The van der Waals surface area contributed by atoms with Gasteiger partial charge in [0.25, 0.3) is 0 Å². The maximum atomic E-state index is 12.3. The second-order valence-electron chi connectivity index (χ2n) is 6.81. The summed E-state index contributed by atoms with van der Waals surface area (Å²) in [4.78, 5) is 14.4. The Kier molecular flexibility index (Phi) is 8.00. The van der Waals surface area contributed by atoms with Crippen LogP contribution in [0.1, 0.15) is 24.0 Å². The van der Waals surface area contributed by atoms with Gasteiger partial charge in [-0.25, -0.2) is 8.42 Å². The van der Waals surface area contributed by atoms with E-state index in [1.807, 2.05) is 32.2 Å². The zero-order chi connectivity index (χ0) is 19.7. The van der Waals surface area contributed by atoms with E-state index in [1.165, 1.54) is 5.56 Å². The van der Waals surface area contributed by atoms with Gasteiger partial charge in [-0.15, -0.1) is 0 Å². The molecule has 1 amide bonds. The van der Waals surface area contributed by atoms with Crippen LogP contribution in [-0.2, 0) is 21.2 Å². The van der Waals surface area contributed by atoms with E-state index in [9.17, 15) is 13.2 Å². The van der Waals surface area contributed by atoms with Crippen molar-refractivity contribution in [3.8, 4) is 0 Å². The Morgan fingerprint density at radius 2 is 1.70 bits per heavy atom. The van der Waals surface area contributed by atoms with Gasteiger partial charge in [0.2, 0.25) is 5.91 Å². The van der Waals surface area contributed by atoms with Crippen LogP contribution in [-0.4, -0.2) is 45.1 Å². The molecule has 2 rings (SSSR count). The van der Waals surface area contributed by atoms with Crippen molar-refractivity contribution in [3.63, 3.8) is 0 Å². The normalized spacial score (nSPS) is 11.5. The Morgan fingerprint density at radius 1 is 1.04 bits per heavy atom. The van der Waals surface area contributed by atoms with Crippen molar-refractivity contribution in [3.05, 3.63) is 65.7 Å². The fourth-order valence-electron chi connectivity index (χ4n) is 2.73. The smallest absolute Gasteiger partial charge is 0.221 e. The molecule has 0 aromatic heterocycles. The summed E-state index contributed by atoms with van der Waals surface area (Å²) in [6.07, 6.45) is 0.801. The van der Waals surface area contributed by atoms with E-state index in [1.54, 1.807) is 24.3 Å². The van der Waals surface area contributed by atoms with Gasteiger partial charge >= 0.3 is 0 Å². The largest absolute Gasteiger partial charge is 0.356 e. The van der Waals surface area contributed by atoms with Crippen molar-refractivity contribution in [1.29, 1.82) is 0 Å². The van der Waals surface area contributed by atoms with Crippen LogP contribution in [0, 0.1) is 6.92 Å². The predicted molar refractivity (Wildman–Crippen MR) is 108 cm³/mol. The van der Waals surface area contributed by atoms with Gasteiger partial charge in [0.05, 0.1) is 10.6 Å². The van der Waals surface area contributed by atoms with Gasteiger partial charge in [-0.2, -0.15) is 0 Å². The average molecular weight is 389 g/mol. The molecule has 0 unspecified atom stereocenters. The van der Waals surface area contributed by atoms with E-state index in [0.29, 0.717) is 6.54 Å². The summed E-state index contributed by atoms with van der Waals surface area (Å²) in [7, 11) is -1.38. The zero-order valence-corrected chi connectivity index (χ0v) is 16.8. The van der Waals surface area contributed by atoms with Crippen LogP contribution >= 0.6 is 0 Å². The lowest BCUT2D eigenvalue weighted by Crippen LogP contribution is -2.29. The van der Waals surface area contributed by atoms with Gasteiger partial charge < -0.3 is 10.2 Å². The van der Waals surface area contributed by atoms with Gasteiger partial charge in [-0.1, -0.05) is 48.0 Å². The lowest BCUT2D eigenvalue weighted by molar-refractivity contribution is -0.120. The molecule has 0 heterocycles. The van der Waals surface area contributed by atoms with E-state index in [2.05, 4.69) is 22.3 Å². The lowest BCUT2D eigenvalue weighted by atomic mass is 10.2. The highest BCUT2D eigenvalue weighted by Gasteiger charge is 2.16. The van der Waals surface area contributed by atoms with Crippen LogP contribution < -0.4 is 5.32 Å². The standard InChI is InChI=1S/C21H28N2O3S/c1-18-9-11-20(12-10-18)27(25,26)16-13-21(24)22-14-6-15-23(2)17-19-7-4-3-5-8-19/h3-5,7-12H,6,13-17H2,1-2H3,(H,22,24). The summed E-state index contributed by atoms with van der Waals surface area (Å²) in [5.74, 6) is -0.396. The quantitative estimate of drug-likeness (QED) is 0.636. The molecule has 0 fully saturated rings. The van der Waals surface area contributed by atoms with E-state index >= 15 is 0 Å². The third-order valence-electron chi connectivity index (χ3n) is 4.31. The van der Waals surface area contributed by atoms with Gasteiger partial charge in [0, 0.05) is 19.5 Å².